The average Bonchev–Trinajstić information content (AvgIpc) is 3.16. The quantitative estimate of drug-likeness (QED) is 0.0358. The molecule has 1 amide bonds. The first kappa shape index (κ1) is 47.3. The molecule has 0 aliphatic carbocycles. The molecule has 2 aromatic carbocycles. The standard InChI is InChI=1S/C29H53NO5.C18H20O2/c1-5-7-9-11-12-13-14-15-16-18-24(34-29(33)26(30-22-31)20-23(3)4)21-27-25(28(32)35-27)19-17-10-8-6-2;1-3-17(13-5-9-15(19)10-6-13)18(4-2)14-7-11-16(20)12-8-14/h22-27H,5-21H2,1-4H3,(H,30,31);5-12,19-20H,3-4H2,1-2H3/b;18-17+/t24-,25-,26-,27-;/m0./s1. The molecule has 8 nitrogen and oxygen atoms in total. The van der Waals surface area contributed by atoms with Gasteiger partial charge in [0.25, 0.3) is 0 Å². The van der Waals surface area contributed by atoms with Crippen LogP contribution in [-0.4, -0.2) is 46.8 Å². The van der Waals surface area contributed by atoms with E-state index in [1.807, 2.05) is 38.1 Å². The van der Waals surface area contributed by atoms with E-state index in [-0.39, 0.29) is 47.5 Å². The Morgan fingerprint density at radius 3 is 1.65 bits per heavy atom. The maximum absolute atomic E-state index is 12.9. The maximum Gasteiger partial charge on any atom is 0.328 e. The Hall–Kier alpha value is -3.81. The van der Waals surface area contributed by atoms with Gasteiger partial charge in [0, 0.05) is 6.42 Å². The van der Waals surface area contributed by atoms with Crippen LogP contribution in [0.5, 0.6) is 11.5 Å². The van der Waals surface area contributed by atoms with Gasteiger partial charge < -0.3 is 25.0 Å². The van der Waals surface area contributed by atoms with Gasteiger partial charge in [-0.05, 0) is 91.0 Å². The third-order valence-electron chi connectivity index (χ3n) is 10.6. The van der Waals surface area contributed by atoms with Crippen LogP contribution in [0.1, 0.15) is 175 Å². The molecule has 1 fully saturated rings. The summed E-state index contributed by atoms with van der Waals surface area (Å²) in [5.41, 5.74) is 4.82. The number of allylic oxidation sites excluding steroid dienone is 2. The van der Waals surface area contributed by atoms with Gasteiger partial charge in [0.1, 0.15) is 29.7 Å². The lowest BCUT2D eigenvalue weighted by atomic mass is 9.86. The number of hydrogen-bond donors (Lipinski definition) is 3. The summed E-state index contributed by atoms with van der Waals surface area (Å²) in [6.07, 6.45) is 20.3. The van der Waals surface area contributed by atoms with E-state index in [4.69, 9.17) is 9.47 Å². The molecule has 0 bridgehead atoms. The van der Waals surface area contributed by atoms with Crippen molar-refractivity contribution in [2.75, 3.05) is 0 Å². The van der Waals surface area contributed by atoms with E-state index in [1.54, 1.807) is 24.3 Å². The van der Waals surface area contributed by atoms with Crippen molar-refractivity contribution in [3.8, 4) is 11.5 Å². The van der Waals surface area contributed by atoms with Crippen molar-refractivity contribution in [1.29, 1.82) is 0 Å². The molecular formula is C47H73NO7. The van der Waals surface area contributed by atoms with Crippen LogP contribution in [-0.2, 0) is 23.9 Å². The summed E-state index contributed by atoms with van der Waals surface area (Å²) in [6, 6.07) is 14.0. The molecule has 1 aliphatic rings. The Morgan fingerprint density at radius 1 is 0.745 bits per heavy atom. The lowest BCUT2D eigenvalue weighted by Gasteiger charge is -2.37. The van der Waals surface area contributed by atoms with E-state index in [9.17, 15) is 24.6 Å². The van der Waals surface area contributed by atoms with Gasteiger partial charge in [-0.2, -0.15) is 0 Å². The number of phenols is 2. The Balaban J connectivity index is 0.000000439. The molecule has 1 aliphatic heterocycles. The lowest BCUT2D eigenvalue weighted by Crippen LogP contribution is -2.48. The average molecular weight is 764 g/mol. The number of amides is 1. The molecular weight excluding hydrogens is 691 g/mol. The molecule has 4 atom stereocenters. The molecule has 0 saturated carbocycles. The number of rotatable bonds is 27. The number of esters is 2. The van der Waals surface area contributed by atoms with Gasteiger partial charge in [0.05, 0.1) is 5.92 Å². The van der Waals surface area contributed by atoms with E-state index in [0.717, 1.165) is 62.5 Å². The summed E-state index contributed by atoms with van der Waals surface area (Å²) in [4.78, 5) is 36.0. The zero-order chi connectivity index (χ0) is 40.4. The van der Waals surface area contributed by atoms with Gasteiger partial charge in [-0.3, -0.25) is 9.59 Å². The van der Waals surface area contributed by atoms with E-state index >= 15 is 0 Å². The Morgan fingerprint density at radius 2 is 1.22 bits per heavy atom. The van der Waals surface area contributed by atoms with Crippen molar-refractivity contribution >= 4 is 29.5 Å². The highest BCUT2D eigenvalue weighted by atomic mass is 16.6. The summed E-state index contributed by atoms with van der Waals surface area (Å²) < 4.78 is 11.4. The van der Waals surface area contributed by atoms with Gasteiger partial charge in [0.2, 0.25) is 6.41 Å². The minimum Gasteiger partial charge on any atom is -0.508 e. The maximum atomic E-state index is 12.9. The highest BCUT2D eigenvalue weighted by Crippen LogP contribution is 2.34. The number of benzene rings is 2. The van der Waals surface area contributed by atoms with Crippen LogP contribution in [0.15, 0.2) is 48.5 Å². The predicted molar refractivity (Wildman–Crippen MR) is 225 cm³/mol. The van der Waals surface area contributed by atoms with Crippen molar-refractivity contribution in [3.05, 3.63) is 59.7 Å². The largest absolute Gasteiger partial charge is 0.508 e. The highest BCUT2D eigenvalue weighted by Gasteiger charge is 2.43. The number of ether oxygens (including phenoxy) is 2. The number of unbranched alkanes of at least 4 members (excludes halogenated alkanes) is 11. The van der Waals surface area contributed by atoms with Crippen molar-refractivity contribution in [2.24, 2.45) is 11.8 Å². The van der Waals surface area contributed by atoms with E-state index in [2.05, 4.69) is 33.0 Å². The molecule has 2 aromatic rings. The van der Waals surface area contributed by atoms with Gasteiger partial charge in [0.15, 0.2) is 0 Å². The lowest BCUT2D eigenvalue weighted by molar-refractivity contribution is -0.190. The van der Waals surface area contributed by atoms with Crippen LogP contribution in [0.3, 0.4) is 0 Å². The SMILES string of the molecule is CC/C(=C(/CC)c1ccc(O)cc1)c1ccc(O)cc1.CCCCCCCCCCC[C@@H](C[C@@H]1OC(=O)[C@H]1CCCCCC)OC(=O)[C@H](CC(C)C)NC=O. The zero-order valence-electron chi connectivity index (χ0n) is 35.0. The zero-order valence-corrected chi connectivity index (χ0v) is 35.0. The predicted octanol–water partition coefficient (Wildman–Crippen LogP) is 11.7. The van der Waals surface area contributed by atoms with E-state index in [0.29, 0.717) is 19.3 Å². The van der Waals surface area contributed by atoms with E-state index in [1.165, 1.54) is 68.9 Å². The third kappa shape index (κ3) is 18.1. The van der Waals surface area contributed by atoms with Crippen LogP contribution in [0.25, 0.3) is 11.1 Å². The topological polar surface area (TPSA) is 122 Å². The molecule has 55 heavy (non-hydrogen) atoms. The van der Waals surface area contributed by atoms with Crippen molar-refractivity contribution in [1.82, 2.24) is 5.32 Å². The molecule has 8 heteroatoms. The number of aromatic hydroxyl groups is 2. The first-order valence-corrected chi connectivity index (χ1v) is 21.5. The normalized spacial score (nSPS) is 16.5. The molecule has 3 N–H and O–H groups in total. The minimum atomic E-state index is -0.632. The minimum absolute atomic E-state index is 0.0734. The smallest absolute Gasteiger partial charge is 0.328 e. The van der Waals surface area contributed by atoms with Crippen molar-refractivity contribution < 1.29 is 34.1 Å². The van der Waals surface area contributed by atoms with E-state index < -0.39 is 6.04 Å². The molecule has 3 rings (SSSR count). The first-order chi connectivity index (χ1) is 26.6. The fourth-order valence-electron chi connectivity index (χ4n) is 7.41. The second kappa shape index (κ2) is 27.7. The summed E-state index contributed by atoms with van der Waals surface area (Å²) in [6.45, 7) is 12.7. The van der Waals surface area contributed by atoms with Gasteiger partial charge in [-0.15, -0.1) is 0 Å². The van der Waals surface area contributed by atoms with Gasteiger partial charge in [-0.25, -0.2) is 4.79 Å². The van der Waals surface area contributed by atoms with Crippen LogP contribution in [0.2, 0.25) is 0 Å². The molecule has 308 valence electrons. The number of hydrogen-bond acceptors (Lipinski definition) is 7. The fourth-order valence-corrected chi connectivity index (χ4v) is 7.41. The fraction of sp³-hybridized carbons (Fsp3) is 0.638. The van der Waals surface area contributed by atoms with Gasteiger partial charge in [-0.1, -0.05) is 143 Å². The molecule has 0 radical (unpaired) electrons. The number of nitrogens with one attached hydrogen (secondary N) is 1. The van der Waals surface area contributed by atoms with Crippen LogP contribution in [0, 0.1) is 11.8 Å². The number of phenolic OH excluding ortho intramolecular Hbond substituents is 2. The summed E-state index contributed by atoms with van der Waals surface area (Å²) in [5, 5.41) is 21.4. The van der Waals surface area contributed by atoms with Crippen molar-refractivity contribution in [2.45, 2.75) is 182 Å². The molecule has 1 heterocycles. The molecule has 0 unspecified atom stereocenters. The highest BCUT2D eigenvalue weighted by molar-refractivity contribution is 5.90. The second-order valence-electron chi connectivity index (χ2n) is 15.6. The Labute approximate surface area is 332 Å². The third-order valence-corrected chi connectivity index (χ3v) is 10.6. The van der Waals surface area contributed by atoms with Gasteiger partial charge >= 0.3 is 11.9 Å². The summed E-state index contributed by atoms with van der Waals surface area (Å²) in [7, 11) is 0. The monoisotopic (exact) mass is 764 g/mol. The first-order valence-electron chi connectivity index (χ1n) is 21.5. The van der Waals surface area contributed by atoms with Crippen LogP contribution in [0.4, 0.5) is 0 Å². The van der Waals surface area contributed by atoms with Crippen molar-refractivity contribution in [3.63, 3.8) is 0 Å². The number of carbonyl (C=O) groups excluding carboxylic acids is 3. The number of carbonyl (C=O) groups is 3. The van der Waals surface area contributed by atoms with Crippen LogP contribution < -0.4 is 5.32 Å². The Kier molecular flexibility index (Phi) is 23.9. The molecule has 0 spiro atoms. The molecule has 0 aromatic heterocycles. The second-order valence-corrected chi connectivity index (χ2v) is 15.6. The van der Waals surface area contributed by atoms with Crippen LogP contribution >= 0.6 is 0 Å². The summed E-state index contributed by atoms with van der Waals surface area (Å²) in [5.74, 6) is 0.266. The number of cyclic esters (lactones) is 1. The Bertz CT molecular complexity index is 1330. The summed E-state index contributed by atoms with van der Waals surface area (Å²) >= 11 is 0. The molecule has 1 saturated heterocycles.